The number of aromatic nitrogens is 1. The number of hydrogen-bond donors (Lipinski definition) is 0. The Morgan fingerprint density at radius 1 is 0.344 bits per heavy atom. The fraction of sp³-hybridized carbons (Fsp3) is 0. The second-order valence-corrected chi connectivity index (χ2v) is 16.7. The second kappa shape index (κ2) is 14.5. The molecule has 0 saturated carbocycles. The van der Waals surface area contributed by atoms with Crippen molar-refractivity contribution in [3.8, 4) is 39.1 Å². The highest BCUT2D eigenvalue weighted by Crippen LogP contribution is 2.46. The minimum absolute atomic E-state index is 1.11. The van der Waals surface area contributed by atoms with E-state index >= 15 is 0 Å². The zero-order valence-corrected chi connectivity index (χ0v) is 34.1. The number of thiophene rings is 1. The van der Waals surface area contributed by atoms with Crippen molar-refractivity contribution in [1.29, 1.82) is 0 Å². The van der Waals surface area contributed by atoms with E-state index in [4.69, 9.17) is 0 Å². The Balaban J connectivity index is 0.940. The number of rotatable bonds is 7. The number of benzene rings is 10. The summed E-state index contributed by atoms with van der Waals surface area (Å²) >= 11 is 1.87. The summed E-state index contributed by atoms with van der Waals surface area (Å²) in [5, 5.41) is 7.61. The van der Waals surface area contributed by atoms with E-state index in [-0.39, 0.29) is 0 Å². The van der Waals surface area contributed by atoms with Gasteiger partial charge in [0.05, 0.1) is 27.1 Å². The first kappa shape index (κ1) is 35.2. The van der Waals surface area contributed by atoms with Gasteiger partial charge in [-0.05, 0) is 93.2 Å². The monoisotopic (exact) mass is 794 g/mol. The molecule has 0 spiro atoms. The van der Waals surface area contributed by atoms with Gasteiger partial charge in [0, 0.05) is 43.2 Å². The van der Waals surface area contributed by atoms with Gasteiger partial charge in [0.1, 0.15) is 0 Å². The first-order chi connectivity index (χ1) is 30.3. The minimum atomic E-state index is 1.11. The molecule has 2 heterocycles. The fourth-order valence-electron chi connectivity index (χ4n) is 9.37. The first-order valence-corrected chi connectivity index (χ1v) is 21.7. The Kier molecular flexibility index (Phi) is 8.39. The molecule has 0 atom stereocenters. The van der Waals surface area contributed by atoms with Gasteiger partial charge >= 0.3 is 0 Å². The molecule has 0 aliphatic carbocycles. The fourth-order valence-corrected chi connectivity index (χ4v) is 10.6. The molecule has 0 amide bonds. The Bertz CT molecular complexity index is 3530. The van der Waals surface area contributed by atoms with Gasteiger partial charge < -0.3 is 9.47 Å². The third kappa shape index (κ3) is 5.93. The SMILES string of the molecule is c1cc(-c2cccc3ccccc23)cc(N(c2ccc(-c3ccc(-c4ccccc4-n4c5ccccc5c5ccccc54)cc3)cc2)c2cccc3c2sc2ccccc23)c1. The van der Waals surface area contributed by atoms with Crippen LogP contribution < -0.4 is 4.90 Å². The summed E-state index contributed by atoms with van der Waals surface area (Å²) in [7, 11) is 0. The standard InChI is InChI=1S/C58H38N2S/c1-2-18-46-41(14-1)15-12-23-47(46)43-16-11-17-45(38-43)59(56-28-13-24-52-51-22-6-10-29-57(51)61-58(52)56)44-36-34-40(35-37-44)39-30-32-42(33-31-39)48-19-3-7-25-53(48)60-54-26-8-4-20-49(54)50-21-5-9-27-55(50)60/h1-38H. The van der Waals surface area contributed by atoms with Crippen LogP contribution in [0.4, 0.5) is 17.1 Å². The molecule has 0 aliphatic rings. The zero-order valence-electron chi connectivity index (χ0n) is 33.2. The van der Waals surface area contributed by atoms with Crippen LogP contribution in [0.25, 0.3) is 91.8 Å². The van der Waals surface area contributed by atoms with Gasteiger partial charge in [0.25, 0.3) is 0 Å². The maximum atomic E-state index is 2.44. The van der Waals surface area contributed by atoms with E-state index in [9.17, 15) is 0 Å². The van der Waals surface area contributed by atoms with Crippen LogP contribution in [0.15, 0.2) is 231 Å². The van der Waals surface area contributed by atoms with Crippen molar-refractivity contribution in [3.63, 3.8) is 0 Å². The summed E-state index contributed by atoms with van der Waals surface area (Å²) in [4.78, 5) is 2.44. The molecular formula is C58H38N2S. The average Bonchev–Trinajstić information content (AvgIpc) is 3.88. The van der Waals surface area contributed by atoms with E-state index in [1.54, 1.807) is 0 Å². The van der Waals surface area contributed by atoms with Crippen molar-refractivity contribution in [2.75, 3.05) is 4.90 Å². The molecule has 2 nitrogen and oxygen atoms in total. The van der Waals surface area contributed by atoms with Gasteiger partial charge in [-0.25, -0.2) is 0 Å². The lowest BCUT2D eigenvalue weighted by Crippen LogP contribution is -2.10. The second-order valence-electron chi connectivity index (χ2n) is 15.7. The summed E-state index contributed by atoms with van der Waals surface area (Å²) in [5.74, 6) is 0. The van der Waals surface area contributed by atoms with E-state index in [1.165, 1.54) is 97.5 Å². The maximum Gasteiger partial charge on any atom is 0.0640 e. The van der Waals surface area contributed by atoms with Crippen molar-refractivity contribution >= 4 is 81.1 Å². The van der Waals surface area contributed by atoms with E-state index in [0.29, 0.717) is 0 Å². The minimum Gasteiger partial charge on any atom is -0.309 e. The molecule has 0 fully saturated rings. The van der Waals surface area contributed by atoms with Crippen molar-refractivity contribution in [1.82, 2.24) is 4.57 Å². The quantitative estimate of drug-likeness (QED) is 0.156. The highest BCUT2D eigenvalue weighted by atomic mass is 32.1. The Morgan fingerprint density at radius 2 is 0.902 bits per heavy atom. The van der Waals surface area contributed by atoms with Gasteiger partial charge in [-0.2, -0.15) is 0 Å². The van der Waals surface area contributed by atoms with E-state index < -0.39 is 0 Å². The number of para-hydroxylation sites is 3. The lowest BCUT2D eigenvalue weighted by Gasteiger charge is -2.27. The van der Waals surface area contributed by atoms with Crippen LogP contribution in [0.5, 0.6) is 0 Å². The molecule has 286 valence electrons. The molecule has 10 aromatic carbocycles. The smallest absolute Gasteiger partial charge is 0.0640 e. The van der Waals surface area contributed by atoms with Crippen molar-refractivity contribution < 1.29 is 0 Å². The molecule has 0 bridgehead atoms. The normalized spacial score (nSPS) is 11.6. The van der Waals surface area contributed by atoms with Crippen LogP contribution >= 0.6 is 11.3 Å². The predicted octanol–water partition coefficient (Wildman–Crippen LogP) is 16.8. The maximum absolute atomic E-state index is 2.44. The number of fused-ring (bicyclic) bond motifs is 7. The van der Waals surface area contributed by atoms with Crippen molar-refractivity contribution in [3.05, 3.63) is 231 Å². The van der Waals surface area contributed by atoms with Crippen molar-refractivity contribution in [2.24, 2.45) is 0 Å². The summed E-state index contributed by atoms with van der Waals surface area (Å²) in [6, 6.07) is 84.1. The largest absolute Gasteiger partial charge is 0.309 e. The van der Waals surface area contributed by atoms with Gasteiger partial charge in [0.2, 0.25) is 0 Å². The summed E-state index contributed by atoms with van der Waals surface area (Å²) in [5.41, 5.74) is 14.2. The lowest BCUT2D eigenvalue weighted by molar-refractivity contribution is 1.18. The van der Waals surface area contributed by atoms with Crippen LogP contribution in [-0.4, -0.2) is 4.57 Å². The van der Waals surface area contributed by atoms with Crippen LogP contribution in [0.1, 0.15) is 0 Å². The van der Waals surface area contributed by atoms with Crippen molar-refractivity contribution in [2.45, 2.75) is 0 Å². The highest BCUT2D eigenvalue weighted by Gasteiger charge is 2.20. The van der Waals surface area contributed by atoms with Crippen LogP contribution in [0.3, 0.4) is 0 Å². The van der Waals surface area contributed by atoms with Gasteiger partial charge in [-0.3, -0.25) is 0 Å². The molecule has 12 aromatic rings. The molecule has 2 aromatic heterocycles. The molecule has 12 rings (SSSR count). The first-order valence-electron chi connectivity index (χ1n) is 20.8. The molecule has 0 unspecified atom stereocenters. The third-order valence-electron chi connectivity index (χ3n) is 12.2. The summed E-state index contributed by atoms with van der Waals surface area (Å²) in [6.07, 6.45) is 0. The van der Waals surface area contributed by atoms with E-state index in [1.807, 2.05) is 11.3 Å². The summed E-state index contributed by atoms with van der Waals surface area (Å²) in [6.45, 7) is 0. The number of nitrogens with zero attached hydrogens (tertiary/aromatic N) is 2. The molecule has 3 heteroatoms. The number of anilines is 3. The van der Waals surface area contributed by atoms with E-state index in [0.717, 1.165) is 11.4 Å². The van der Waals surface area contributed by atoms with Gasteiger partial charge in [-0.15, -0.1) is 11.3 Å². The molecule has 0 radical (unpaired) electrons. The topological polar surface area (TPSA) is 8.17 Å². The average molecular weight is 795 g/mol. The molecule has 0 aliphatic heterocycles. The Labute approximate surface area is 358 Å². The zero-order chi connectivity index (χ0) is 40.3. The Hall–Kier alpha value is -7.72. The highest BCUT2D eigenvalue weighted by molar-refractivity contribution is 7.26. The van der Waals surface area contributed by atoms with Gasteiger partial charge in [-0.1, -0.05) is 176 Å². The van der Waals surface area contributed by atoms with Crippen LogP contribution in [0.2, 0.25) is 0 Å². The lowest BCUT2D eigenvalue weighted by atomic mass is 9.97. The van der Waals surface area contributed by atoms with Crippen LogP contribution in [-0.2, 0) is 0 Å². The third-order valence-corrected chi connectivity index (χ3v) is 13.4. The predicted molar refractivity (Wildman–Crippen MR) is 262 cm³/mol. The molecule has 0 saturated heterocycles. The van der Waals surface area contributed by atoms with E-state index in [2.05, 4.69) is 240 Å². The molecule has 61 heavy (non-hydrogen) atoms. The number of hydrogen-bond acceptors (Lipinski definition) is 2. The Morgan fingerprint density at radius 3 is 1.69 bits per heavy atom. The van der Waals surface area contributed by atoms with Crippen LogP contribution in [0, 0.1) is 0 Å². The molecule has 0 N–H and O–H groups in total. The summed E-state index contributed by atoms with van der Waals surface area (Å²) < 4.78 is 4.99. The van der Waals surface area contributed by atoms with Gasteiger partial charge in [0.15, 0.2) is 0 Å². The molecular weight excluding hydrogens is 757 g/mol.